The third kappa shape index (κ3) is 2.47. The van der Waals surface area contributed by atoms with Gasteiger partial charge in [0, 0.05) is 24.7 Å². The number of halogens is 2. The molecule has 0 saturated heterocycles. The van der Waals surface area contributed by atoms with E-state index in [1.807, 2.05) is 43.4 Å². The highest BCUT2D eigenvalue weighted by atomic mass is 35.5. The normalized spacial score (nSPS) is 13.1. The lowest BCUT2D eigenvalue weighted by molar-refractivity contribution is 0.511. The molecule has 0 aliphatic carbocycles. The highest BCUT2D eigenvalue weighted by Gasteiger charge is 2.22. The van der Waals surface area contributed by atoms with Gasteiger partial charge in [-0.05, 0) is 12.1 Å². The molecule has 0 unspecified atom stereocenters. The number of oxazole rings is 1. The SMILES string of the molecule is CNc1cccc(-c2cccc(-c3nc4c(o3)CNC4)c2Cl)c1Cl. The van der Waals surface area contributed by atoms with E-state index in [0.717, 1.165) is 40.4 Å². The first-order valence-electron chi connectivity index (χ1n) is 7.64. The molecule has 1 aromatic heterocycles. The zero-order valence-corrected chi connectivity index (χ0v) is 14.5. The van der Waals surface area contributed by atoms with E-state index in [9.17, 15) is 0 Å². The number of anilines is 1. The van der Waals surface area contributed by atoms with Crippen LogP contribution in [-0.4, -0.2) is 12.0 Å². The van der Waals surface area contributed by atoms with Crippen molar-refractivity contribution in [3.8, 4) is 22.6 Å². The largest absolute Gasteiger partial charge is 0.439 e. The molecule has 0 fully saturated rings. The summed E-state index contributed by atoms with van der Waals surface area (Å²) < 4.78 is 5.86. The maximum absolute atomic E-state index is 6.67. The van der Waals surface area contributed by atoms with Gasteiger partial charge in [0.2, 0.25) is 5.89 Å². The molecule has 2 N–H and O–H groups in total. The Morgan fingerprint density at radius 1 is 1.00 bits per heavy atom. The van der Waals surface area contributed by atoms with E-state index in [4.69, 9.17) is 27.6 Å². The van der Waals surface area contributed by atoms with E-state index in [1.54, 1.807) is 0 Å². The third-order valence-electron chi connectivity index (χ3n) is 4.14. The molecule has 122 valence electrons. The highest BCUT2D eigenvalue weighted by Crippen LogP contribution is 2.41. The van der Waals surface area contributed by atoms with Gasteiger partial charge in [-0.15, -0.1) is 0 Å². The minimum Gasteiger partial charge on any atom is -0.439 e. The summed E-state index contributed by atoms with van der Waals surface area (Å²) >= 11 is 13.2. The van der Waals surface area contributed by atoms with Crippen LogP contribution in [0.25, 0.3) is 22.6 Å². The fourth-order valence-electron chi connectivity index (χ4n) is 2.91. The minimum absolute atomic E-state index is 0.550. The van der Waals surface area contributed by atoms with Crippen LogP contribution in [-0.2, 0) is 13.1 Å². The van der Waals surface area contributed by atoms with Crippen molar-refractivity contribution in [2.75, 3.05) is 12.4 Å². The number of hydrogen-bond acceptors (Lipinski definition) is 4. The molecule has 2 aromatic carbocycles. The lowest BCUT2D eigenvalue weighted by Gasteiger charge is -2.12. The van der Waals surface area contributed by atoms with Gasteiger partial charge in [0.25, 0.3) is 0 Å². The van der Waals surface area contributed by atoms with Gasteiger partial charge in [-0.2, -0.15) is 0 Å². The molecule has 0 spiro atoms. The molecule has 24 heavy (non-hydrogen) atoms. The number of nitrogens with zero attached hydrogens (tertiary/aromatic N) is 1. The van der Waals surface area contributed by atoms with Gasteiger partial charge < -0.3 is 15.1 Å². The van der Waals surface area contributed by atoms with Crippen LogP contribution in [0.15, 0.2) is 40.8 Å². The van der Waals surface area contributed by atoms with E-state index >= 15 is 0 Å². The topological polar surface area (TPSA) is 50.1 Å². The van der Waals surface area contributed by atoms with Crippen molar-refractivity contribution in [1.29, 1.82) is 0 Å². The predicted octanol–water partition coefficient (Wildman–Crippen LogP) is 4.96. The quantitative estimate of drug-likeness (QED) is 0.693. The Kier molecular flexibility index (Phi) is 3.96. The van der Waals surface area contributed by atoms with Gasteiger partial charge in [0.15, 0.2) is 0 Å². The van der Waals surface area contributed by atoms with Gasteiger partial charge >= 0.3 is 0 Å². The van der Waals surface area contributed by atoms with E-state index in [1.165, 1.54) is 0 Å². The van der Waals surface area contributed by atoms with Crippen molar-refractivity contribution < 1.29 is 4.42 Å². The summed E-state index contributed by atoms with van der Waals surface area (Å²) in [6.07, 6.45) is 0. The summed E-state index contributed by atoms with van der Waals surface area (Å²) in [5, 5.41) is 7.51. The molecule has 4 nitrogen and oxygen atoms in total. The first-order chi connectivity index (χ1) is 11.7. The smallest absolute Gasteiger partial charge is 0.228 e. The molecule has 6 heteroatoms. The van der Waals surface area contributed by atoms with Crippen LogP contribution in [0.1, 0.15) is 11.5 Å². The lowest BCUT2D eigenvalue weighted by atomic mass is 10.0. The molecule has 0 radical (unpaired) electrons. The third-order valence-corrected chi connectivity index (χ3v) is 4.96. The summed E-state index contributed by atoms with van der Waals surface area (Å²) in [7, 11) is 1.84. The van der Waals surface area contributed by atoms with Gasteiger partial charge in [-0.3, -0.25) is 0 Å². The highest BCUT2D eigenvalue weighted by molar-refractivity contribution is 6.39. The number of hydrogen-bond donors (Lipinski definition) is 2. The van der Waals surface area contributed by atoms with Crippen LogP contribution in [0, 0.1) is 0 Å². The Hall–Kier alpha value is -2.01. The second-order valence-corrected chi connectivity index (χ2v) is 6.33. The zero-order chi connectivity index (χ0) is 16.7. The fraction of sp³-hybridized carbons (Fsp3) is 0.167. The summed E-state index contributed by atoms with van der Waals surface area (Å²) in [6, 6.07) is 11.6. The summed E-state index contributed by atoms with van der Waals surface area (Å²) in [6.45, 7) is 1.43. The Morgan fingerprint density at radius 3 is 2.46 bits per heavy atom. The molecule has 4 rings (SSSR count). The molecule has 0 amide bonds. The van der Waals surface area contributed by atoms with Crippen LogP contribution in [0.3, 0.4) is 0 Å². The van der Waals surface area contributed by atoms with Crippen molar-refractivity contribution in [2.24, 2.45) is 0 Å². The minimum atomic E-state index is 0.550. The van der Waals surface area contributed by atoms with Crippen molar-refractivity contribution >= 4 is 28.9 Å². The van der Waals surface area contributed by atoms with Crippen molar-refractivity contribution in [1.82, 2.24) is 10.3 Å². The summed E-state index contributed by atoms with van der Waals surface area (Å²) in [5.41, 5.74) is 4.30. The van der Waals surface area contributed by atoms with Gasteiger partial charge in [-0.1, -0.05) is 47.5 Å². The number of benzene rings is 2. The maximum Gasteiger partial charge on any atom is 0.228 e. The molecule has 0 atom stereocenters. The molecule has 2 heterocycles. The molecule has 0 bridgehead atoms. The number of nitrogens with one attached hydrogen (secondary N) is 2. The second-order valence-electron chi connectivity index (χ2n) is 5.58. The Balaban J connectivity index is 1.84. The summed E-state index contributed by atoms with van der Waals surface area (Å²) in [4.78, 5) is 4.55. The Bertz CT molecular complexity index is 899. The molecular weight excluding hydrogens is 345 g/mol. The first-order valence-corrected chi connectivity index (χ1v) is 8.39. The monoisotopic (exact) mass is 359 g/mol. The van der Waals surface area contributed by atoms with E-state index in [-0.39, 0.29) is 0 Å². The number of rotatable bonds is 3. The van der Waals surface area contributed by atoms with Crippen LogP contribution in [0.4, 0.5) is 5.69 Å². The maximum atomic E-state index is 6.67. The lowest BCUT2D eigenvalue weighted by Crippen LogP contribution is -2.01. The summed E-state index contributed by atoms with van der Waals surface area (Å²) in [5.74, 6) is 1.43. The van der Waals surface area contributed by atoms with Crippen molar-refractivity contribution in [3.63, 3.8) is 0 Å². The van der Waals surface area contributed by atoms with E-state index < -0.39 is 0 Å². The zero-order valence-electron chi connectivity index (χ0n) is 13.0. The number of aromatic nitrogens is 1. The van der Waals surface area contributed by atoms with Crippen LogP contribution < -0.4 is 10.6 Å². The molecule has 1 aliphatic heterocycles. The molecule has 3 aromatic rings. The van der Waals surface area contributed by atoms with Crippen LogP contribution >= 0.6 is 23.2 Å². The van der Waals surface area contributed by atoms with Crippen LogP contribution in [0.2, 0.25) is 10.0 Å². The van der Waals surface area contributed by atoms with Crippen molar-refractivity contribution in [3.05, 3.63) is 57.9 Å². The van der Waals surface area contributed by atoms with E-state index in [2.05, 4.69) is 15.6 Å². The standard InChI is InChI=1S/C18H15Cl2N3O/c1-21-13-7-3-5-11(17(13)20)10-4-2-6-12(16(10)19)18-23-14-8-22-9-15(14)24-18/h2-7,21-22H,8-9H2,1H3. The Morgan fingerprint density at radius 2 is 1.71 bits per heavy atom. The van der Waals surface area contributed by atoms with Gasteiger partial charge in [0.05, 0.1) is 33.5 Å². The first kappa shape index (κ1) is 15.5. The second kappa shape index (κ2) is 6.13. The predicted molar refractivity (Wildman–Crippen MR) is 97.5 cm³/mol. The Labute approximate surface area is 149 Å². The van der Waals surface area contributed by atoms with E-state index in [0.29, 0.717) is 22.5 Å². The molecular formula is C18H15Cl2N3O. The average molecular weight is 360 g/mol. The fourth-order valence-corrected chi connectivity index (χ4v) is 3.54. The van der Waals surface area contributed by atoms with Crippen LogP contribution in [0.5, 0.6) is 0 Å². The number of fused-ring (bicyclic) bond motifs is 1. The molecule has 1 aliphatic rings. The average Bonchev–Trinajstić information content (AvgIpc) is 3.17. The van der Waals surface area contributed by atoms with Gasteiger partial charge in [-0.25, -0.2) is 4.98 Å². The van der Waals surface area contributed by atoms with Crippen molar-refractivity contribution in [2.45, 2.75) is 13.1 Å². The van der Waals surface area contributed by atoms with Gasteiger partial charge in [0.1, 0.15) is 5.76 Å². The molecule has 0 saturated carbocycles.